The number of anilines is 1. The molecule has 1 fully saturated rings. The highest BCUT2D eigenvalue weighted by molar-refractivity contribution is 5.82. The van der Waals surface area contributed by atoms with E-state index >= 15 is 0 Å². The Balaban J connectivity index is 1.91. The molecule has 6 nitrogen and oxygen atoms in total. The van der Waals surface area contributed by atoms with Gasteiger partial charge >= 0.3 is 0 Å². The van der Waals surface area contributed by atoms with E-state index in [1.807, 2.05) is 0 Å². The third-order valence-electron chi connectivity index (χ3n) is 3.02. The smallest absolute Gasteiger partial charge is 0.182 e. The first-order chi connectivity index (χ1) is 7.84. The summed E-state index contributed by atoms with van der Waals surface area (Å²) in [5.41, 5.74) is 1.44. The lowest BCUT2D eigenvalue weighted by Crippen LogP contribution is -2.28. The van der Waals surface area contributed by atoms with Gasteiger partial charge in [0.05, 0.1) is 18.5 Å². The van der Waals surface area contributed by atoms with Crippen LogP contribution in [0.5, 0.6) is 0 Å². The highest BCUT2D eigenvalue weighted by Gasteiger charge is 2.25. The van der Waals surface area contributed by atoms with Crippen molar-refractivity contribution in [3.8, 4) is 0 Å². The van der Waals surface area contributed by atoms with Crippen LogP contribution in [0.3, 0.4) is 0 Å². The van der Waals surface area contributed by atoms with Gasteiger partial charge in [-0.2, -0.15) is 0 Å². The van der Waals surface area contributed by atoms with Gasteiger partial charge in [-0.15, -0.1) is 0 Å². The van der Waals surface area contributed by atoms with Crippen LogP contribution in [0.4, 0.5) is 5.82 Å². The minimum atomic E-state index is -0.284. The maximum absolute atomic E-state index is 9.74. The molecule has 16 heavy (non-hydrogen) atoms. The fraction of sp³-hybridized carbons (Fsp3) is 0.500. The number of imidazole rings is 1. The molecule has 3 N–H and O–H groups in total. The lowest BCUT2D eigenvalue weighted by atomic mass is 10.2. The number of rotatable bonds is 2. The molecule has 1 aliphatic rings. The summed E-state index contributed by atoms with van der Waals surface area (Å²) in [5, 5.41) is 13.0. The van der Waals surface area contributed by atoms with E-state index < -0.39 is 0 Å². The fourth-order valence-electron chi connectivity index (χ4n) is 2.16. The van der Waals surface area contributed by atoms with Crippen molar-refractivity contribution in [2.45, 2.75) is 31.4 Å². The number of hydrogen-bond acceptors (Lipinski definition) is 5. The van der Waals surface area contributed by atoms with Gasteiger partial charge < -0.3 is 15.4 Å². The van der Waals surface area contributed by atoms with Crippen molar-refractivity contribution < 1.29 is 5.11 Å². The van der Waals surface area contributed by atoms with Crippen LogP contribution in [0.1, 0.15) is 19.3 Å². The van der Waals surface area contributed by atoms with Crippen molar-refractivity contribution in [1.82, 2.24) is 19.9 Å². The quantitative estimate of drug-likeness (QED) is 0.691. The second-order valence-electron chi connectivity index (χ2n) is 4.07. The van der Waals surface area contributed by atoms with Crippen LogP contribution < -0.4 is 5.32 Å². The number of aliphatic hydroxyl groups is 1. The number of hydrogen-bond donors (Lipinski definition) is 3. The van der Waals surface area contributed by atoms with Crippen molar-refractivity contribution in [3.05, 3.63) is 12.7 Å². The molecule has 84 valence electrons. The zero-order chi connectivity index (χ0) is 11.0. The van der Waals surface area contributed by atoms with E-state index in [4.69, 9.17) is 0 Å². The first-order valence-corrected chi connectivity index (χ1v) is 5.43. The number of H-pyrrole nitrogens is 1. The van der Waals surface area contributed by atoms with Gasteiger partial charge in [0.15, 0.2) is 11.5 Å². The number of nitrogens with zero attached hydrogens (tertiary/aromatic N) is 3. The zero-order valence-corrected chi connectivity index (χ0v) is 8.72. The molecule has 0 unspecified atom stereocenters. The standard InChI is InChI=1S/C10H13N5O/c16-7-3-1-2-6(7)15-10-8-9(12-4-11-8)13-5-14-10/h4-7,16H,1-3H2,(H2,11,12,13,14,15)/t6-,7-/m1/s1. The molecule has 0 bridgehead atoms. The topological polar surface area (TPSA) is 86.7 Å². The second-order valence-corrected chi connectivity index (χ2v) is 4.07. The van der Waals surface area contributed by atoms with Crippen LogP contribution >= 0.6 is 0 Å². The van der Waals surface area contributed by atoms with Crippen molar-refractivity contribution in [1.29, 1.82) is 0 Å². The molecule has 0 aromatic carbocycles. The van der Waals surface area contributed by atoms with Gasteiger partial charge in [-0.1, -0.05) is 0 Å². The summed E-state index contributed by atoms with van der Waals surface area (Å²) in [6.07, 6.45) is 5.67. The number of nitrogens with one attached hydrogen (secondary N) is 2. The first-order valence-electron chi connectivity index (χ1n) is 5.43. The molecule has 0 aliphatic heterocycles. The van der Waals surface area contributed by atoms with E-state index in [2.05, 4.69) is 25.3 Å². The summed E-state index contributed by atoms with van der Waals surface area (Å²) in [6, 6.07) is 0.0846. The summed E-state index contributed by atoms with van der Waals surface area (Å²) >= 11 is 0. The van der Waals surface area contributed by atoms with Crippen molar-refractivity contribution in [2.75, 3.05) is 5.32 Å². The number of fused-ring (bicyclic) bond motifs is 1. The number of aliphatic hydroxyl groups excluding tert-OH is 1. The van der Waals surface area contributed by atoms with Gasteiger partial charge in [0.25, 0.3) is 0 Å². The molecule has 0 amide bonds. The summed E-state index contributed by atoms with van der Waals surface area (Å²) < 4.78 is 0. The summed E-state index contributed by atoms with van der Waals surface area (Å²) in [7, 11) is 0. The van der Waals surface area contributed by atoms with Crippen molar-refractivity contribution in [3.63, 3.8) is 0 Å². The van der Waals surface area contributed by atoms with Crippen LogP contribution in [0.2, 0.25) is 0 Å². The molecule has 1 saturated carbocycles. The first kappa shape index (κ1) is 9.53. The molecule has 0 spiro atoms. The van der Waals surface area contributed by atoms with Crippen LogP contribution in [0.15, 0.2) is 12.7 Å². The molecule has 0 saturated heterocycles. The normalized spacial score (nSPS) is 25.1. The summed E-state index contributed by atoms with van der Waals surface area (Å²) in [6.45, 7) is 0. The molecule has 0 radical (unpaired) electrons. The van der Waals surface area contributed by atoms with Crippen LogP contribution in [0, 0.1) is 0 Å². The molecule has 2 aromatic rings. The average molecular weight is 219 g/mol. The Hall–Kier alpha value is -1.69. The van der Waals surface area contributed by atoms with Gasteiger partial charge in [-0.3, -0.25) is 0 Å². The van der Waals surface area contributed by atoms with E-state index in [9.17, 15) is 5.11 Å². The predicted molar refractivity (Wildman–Crippen MR) is 59.0 cm³/mol. The van der Waals surface area contributed by atoms with Crippen LogP contribution in [0.25, 0.3) is 11.2 Å². The Morgan fingerprint density at radius 1 is 1.31 bits per heavy atom. The predicted octanol–water partition coefficient (Wildman–Crippen LogP) is 0.678. The molecular weight excluding hydrogens is 206 g/mol. The van der Waals surface area contributed by atoms with Gasteiger partial charge in [-0.05, 0) is 19.3 Å². The van der Waals surface area contributed by atoms with E-state index in [1.54, 1.807) is 6.33 Å². The molecule has 3 rings (SSSR count). The number of aromatic amines is 1. The molecular formula is C10H13N5O. The van der Waals surface area contributed by atoms with Gasteiger partial charge in [0.2, 0.25) is 0 Å². The molecule has 1 aliphatic carbocycles. The Morgan fingerprint density at radius 2 is 2.25 bits per heavy atom. The maximum Gasteiger partial charge on any atom is 0.182 e. The highest BCUT2D eigenvalue weighted by atomic mass is 16.3. The van der Waals surface area contributed by atoms with Gasteiger partial charge in [0, 0.05) is 0 Å². The molecule has 2 heterocycles. The fourth-order valence-corrected chi connectivity index (χ4v) is 2.16. The van der Waals surface area contributed by atoms with Gasteiger partial charge in [0.1, 0.15) is 11.8 Å². The van der Waals surface area contributed by atoms with E-state index in [0.717, 1.165) is 24.8 Å². The highest BCUT2D eigenvalue weighted by Crippen LogP contribution is 2.24. The summed E-state index contributed by atoms with van der Waals surface area (Å²) in [4.78, 5) is 15.3. The third kappa shape index (κ3) is 1.51. The van der Waals surface area contributed by atoms with Crippen molar-refractivity contribution in [2.24, 2.45) is 0 Å². The second kappa shape index (κ2) is 3.71. The Morgan fingerprint density at radius 3 is 3.06 bits per heavy atom. The zero-order valence-electron chi connectivity index (χ0n) is 8.72. The lowest BCUT2D eigenvalue weighted by molar-refractivity contribution is 0.171. The van der Waals surface area contributed by atoms with E-state index in [0.29, 0.717) is 11.5 Å². The Kier molecular flexibility index (Phi) is 2.21. The van der Waals surface area contributed by atoms with E-state index in [1.165, 1.54) is 6.33 Å². The SMILES string of the molecule is O[C@@H]1CCC[C@H]1Nc1ncnc2nc[nH]c12. The Labute approximate surface area is 92.1 Å². The number of aromatic nitrogens is 4. The van der Waals surface area contributed by atoms with Gasteiger partial charge in [-0.25, -0.2) is 15.0 Å². The lowest BCUT2D eigenvalue weighted by Gasteiger charge is -2.16. The minimum Gasteiger partial charge on any atom is -0.391 e. The monoisotopic (exact) mass is 219 g/mol. The molecule has 2 aromatic heterocycles. The summed E-state index contributed by atoms with van der Waals surface area (Å²) in [5.74, 6) is 0.716. The van der Waals surface area contributed by atoms with Crippen LogP contribution in [-0.4, -0.2) is 37.2 Å². The molecule has 6 heteroatoms. The average Bonchev–Trinajstić information content (AvgIpc) is 2.89. The Bertz CT molecular complexity index is 497. The largest absolute Gasteiger partial charge is 0.391 e. The third-order valence-corrected chi connectivity index (χ3v) is 3.02. The van der Waals surface area contributed by atoms with E-state index in [-0.39, 0.29) is 12.1 Å². The van der Waals surface area contributed by atoms with Crippen molar-refractivity contribution >= 4 is 17.0 Å². The minimum absolute atomic E-state index is 0.0846. The van der Waals surface area contributed by atoms with Crippen LogP contribution in [-0.2, 0) is 0 Å². The maximum atomic E-state index is 9.74. The molecule has 2 atom stereocenters.